The molecule has 1 aliphatic heterocycles. The van der Waals surface area contributed by atoms with Crippen molar-refractivity contribution in [3.8, 4) is 11.5 Å². The predicted molar refractivity (Wildman–Crippen MR) is 143 cm³/mol. The van der Waals surface area contributed by atoms with Crippen molar-refractivity contribution in [1.29, 1.82) is 0 Å². The van der Waals surface area contributed by atoms with Gasteiger partial charge in [-0.25, -0.2) is 4.79 Å². The Kier molecular flexibility index (Phi) is 8.27. The Bertz CT molecular complexity index is 1270. The van der Waals surface area contributed by atoms with E-state index in [1.54, 1.807) is 25.1 Å². The molecular weight excluding hydrogens is 542 g/mol. The summed E-state index contributed by atoms with van der Waals surface area (Å²) < 4.78 is 11.9. The molecule has 2 aromatic carbocycles. The van der Waals surface area contributed by atoms with Gasteiger partial charge in [0, 0.05) is 10.5 Å². The fourth-order valence-corrected chi connectivity index (χ4v) is 4.79. The minimum absolute atomic E-state index is 0.122. The third kappa shape index (κ3) is 6.19. The molecule has 0 bridgehead atoms. The van der Waals surface area contributed by atoms with E-state index in [0.29, 0.717) is 38.5 Å². The van der Waals surface area contributed by atoms with E-state index in [1.807, 2.05) is 0 Å². The van der Waals surface area contributed by atoms with Gasteiger partial charge in [0.15, 0.2) is 18.1 Å². The van der Waals surface area contributed by atoms with Crippen LogP contribution in [0.5, 0.6) is 11.5 Å². The van der Waals surface area contributed by atoms with Crippen LogP contribution in [-0.4, -0.2) is 48.4 Å². The van der Waals surface area contributed by atoms with Gasteiger partial charge in [-0.05, 0) is 67.8 Å². The van der Waals surface area contributed by atoms with Gasteiger partial charge >= 0.3 is 5.97 Å². The Balaban J connectivity index is 1.48. The topological polar surface area (TPSA) is 118 Å². The van der Waals surface area contributed by atoms with E-state index in [4.69, 9.17) is 14.6 Å². The van der Waals surface area contributed by atoms with Crippen molar-refractivity contribution in [2.75, 3.05) is 18.7 Å². The first-order chi connectivity index (χ1) is 17.8. The van der Waals surface area contributed by atoms with Crippen LogP contribution < -0.4 is 19.8 Å². The van der Waals surface area contributed by atoms with Crippen LogP contribution in [0.25, 0.3) is 6.08 Å². The number of nitrogens with zero attached hydrogens (tertiary/aromatic N) is 2. The van der Waals surface area contributed by atoms with Crippen molar-refractivity contribution >= 4 is 51.2 Å². The average molecular weight is 570 g/mol. The van der Waals surface area contributed by atoms with Gasteiger partial charge in [0.25, 0.3) is 11.8 Å². The largest absolute Gasteiger partial charge is 0.493 e. The third-order valence-electron chi connectivity index (χ3n) is 6.33. The number of rotatable bonds is 8. The van der Waals surface area contributed by atoms with Gasteiger partial charge in [0.2, 0.25) is 0 Å². The third-order valence-corrected chi connectivity index (χ3v) is 7.02. The van der Waals surface area contributed by atoms with Gasteiger partial charge in [-0.1, -0.05) is 35.2 Å². The molecule has 2 N–H and O–H groups in total. The Morgan fingerprint density at radius 2 is 1.86 bits per heavy atom. The summed E-state index contributed by atoms with van der Waals surface area (Å²) in [6.45, 7) is 1.60. The highest BCUT2D eigenvalue weighted by Crippen LogP contribution is 2.36. The second-order valence-corrected chi connectivity index (χ2v) is 9.78. The van der Waals surface area contributed by atoms with Gasteiger partial charge in [-0.2, -0.15) is 10.1 Å². The highest BCUT2D eigenvalue weighted by atomic mass is 79.9. The summed E-state index contributed by atoms with van der Waals surface area (Å²) in [5.74, 6) is -0.738. The zero-order valence-corrected chi connectivity index (χ0v) is 22.2. The van der Waals surface area contributed by atoms with E-state index in [9.17, 15) is 14.4 Å². The number of hydrogen-bond acceptors (Lipinski definition) is 6. The second-order valence-electron chi connectivity index (χ2n) is 8.93. The lowest BCUT2D eigenvalue weighted by atomic mass is 9.95. The number of aromatic carboxylic acids is 1. The maximum absolute atomic E-state index is 13.1. The van der Waals surface area contributed by atoms with Crippen molar-refractivity contribution in [3.05, 3.63) is 57.6 Å². The number of benzene rings is 2. The van der Waals surface area contributed by atoms with Crippen LogP contribution in [0, 0.1) is 0 Å². The van der Waals surface area contributed by atoms with Crippen LogP contribution in [-0.2, 0) is 9.59 Å². The SMILES string of the molecule is COc1cc(C=C2C(=O)N(c3ccc(C(=O)O)cc3)N=C2C)c(Br)cc1OCC(=O)NC1CCCCC1. The molecule has 1 saturated carbocycles. The average Bonchev–Trinajstić information content (AvgIpc) is 3.17. The molecule has 0 radical (unpaired) electrons. The van der Waals surface area contributed by atoms with Crippen molar-refractivity contribution in [2.24, 2.45) is 5.10 Å². The summed E-state index contributed by atoms with van der Waals surface area (Å²) in [5.41, 5.74) is 2.14. The van der Waals surface area contributed by atoms with E-state index in [0.717, 1.165) is 25.7 Å². The summed E-state index contributed by atoms with van der Waals surface area (Å²) in [6, 6.07) is 9.55. The van der Waals surface area contributed by atoms with E-state index in [-0.39, 0.29) is 30.0 Å². The molecule has 0 saturated heterocycles. The molecule has 0 unspecified atom stereocenters. The van der Waals surface area contributed by atoms with E-state index in [1.165, 1.54) is 42.8 Å². The molecule has 9 nitrogen and oxygen atoms in total. The molecule has 0 spiro atoms. The Hall–Kier alpha value is -3.66. The number of carbonyl (C=O) groups excluding carboxylic acids is 2. The Labute approximate surface area is 223 Å². The molecule has 2 aromatic rings. The van der Waals surface area contributed by atoms with Crippen LogP contribution in [0.3, 0.4) is 0 Å². The molecule has 1 fully saturated rings. The van der Waals surface area contributed by atoms with Crippen molar-refractivity contribution in [2.45, 2.75) is 45.1 Å². The number of carboxylic acid groups (broad SMARTS) is 1. The number of anilines is 1. The van der Waals surface area contributed by atoms with Crippen molar-refractivity contribution in [3.63, 3.8) is 0 Å². The number of carbonyl (C=O) groups is 3. The summed E-state index contributed by atoms with van der Waals surface area (Å²) in [6.07, 6.45) is 7.16. The smallest absolute Gasteiger partial charge is 0.335 e. The van der Waals surface area contributed by atoms with E-state index in [2.05, 4.69) is 26.3 Å². The maximum Gasteiger partial charge on any atom is 0.335 e. The summed E-state index contributed by atoms with van der Waals surface area (Å²) in [4.78, 5) is 36.6. The van der Waals surface area contributed by atoms with Gasteiger partial charge in [-0.3, -0.25) is 9.59 Å². The first-order valence-electron chi connectivity index (χ1n) is 12.0. The zero-order chi connectivity index (χ0) is 26.5. The standard InChI is InChI=1S/C27H28BrN3O6/c1-16-21(26(33)31(30-16)20-10-8-17(9-11-20)27(34)35)12-18-13-23(36-2)24(14-22(18)28)37-15-25(32)29-19-6-4-3-5-7-19/h8-14,19H,3-7,15H2,1-2H3,(H,29,32)(H,34,35). The van der Waals surface area contributed by atoms with Gasteiger partial charge in [0.05, 0.1) is 29.6 Å². The Morgan fingerprint density at radius 1 is 1.16 bits per heavy atom. The predicted octanol–water partition coefficient (Wildman–Crippen LogP) is 4.79. The van der Waals surface area contributed by atoms with Crippen LogP contribution in [0.2, 0.25) is 0 Å². The fourth-order valence-electron chi connectivity index (χ4n) is 4.35. The molecule has 194 valence electrons. The quantitative estimate of drug-likeness (QED) is 0.441. The van der Waals surface area contributed by atoms with Gasteiger partial charge < -0.3 is 19.9 Å². The molecule has 0 atom stereocenters. The molecule has 37 heavy (non-hydrogen) atoms. The summed E-state index contributed by atoms with van der Waals surface area (Å²) in [5, 5.41) is 17.7. The second kappa shape index (κ2) is 11.6. The number of amides is 2. The van der Waals surface area contributed by atoms with E-state index >= 15 is 0 Å². The number of ether oxygens (including phenoxy) is 2. The maximum atomic E-state index is 13.1. The number of carboxylic acids is 1. The summed E-state index contributed by atoms with van der Waals surface area (Å²) >= 11 is 3.52. The number of nitrogens with one attached hydrogen (secondary N) is 1. The lowest BCUT2D eigenvalue weighted by molar-refractivity contribution is -0.124. The monoisotopic (exact) mass is 569 g/mol. The van der Waals surface area contributed by atoms with Crippen LogP contribution in [0.15, 0.2) is 51.5 Å². The minimum atomic E-state index is -1.05. The first kappa shape index (κ1) is 26.4. The Morgan fingerprint density at radius 3 is 2.51 bits per heavy atom. The molecule has 10 heteroatoms. The molecule has 1 heterocycles. The van der Waals surface area contributed by atoms with E-state index < -0.39 is 5.97 Å². The zero-order valence-electron chi connectivity index (χ0n) is 20.6. The number of halogens is 1. The van der Waals surface area contributed by atoms with Crippen LogP contribution >= 0.6 is 15.9 Å². The van der Waals surface area contributed by atoms with Gasteiger partial charge in [0.1, 0.15) is 0 Å². The first-order valence-corrected chi connectivity index (χ1v) is 12.8. The van der Waals surface area contributed by atoms with Crippen molar-refractivity contribution < 1.29 is 29.0 Å². The number of hydrogen-bond donors (Lipinski definition) is 2. The normalized spacial score (nSPS) is 17.1. The summed E-state index contributed by atoms with van der Waals surface area (Å²) in [7, 11) is 1.51. The fraction of sp³-hybridized carbons (Fsp3) is 0.333. The lowest BCUT2D eigenvalue weighted by Crippen LogP contribution is -2.39. The van der Waals surface area contributed by atoms with Crippen LogP contribution in [0.1, 0.15) is 54.9 Å². The molecular formula is C27H28BrN3O6. The van der Waals surface area contributed by atoms with Crippen molar-refractivity contribution in [1.82, 2.24) is 5.32 Å². The highest BCUT2D eigenvalue weighted by Gasteiger charge is 2.29. The molecule has 2 aliphatic rings. The molecule has 4 rings (SSSR count). The van der Waals surface area contributed by atoms with Gasteiger partial charge in [-0.15, -0.1) is 0 Å². The number of hydrazone groups is 1. The van der Waals surface area contributed by atoms with Crippen LogP contribution in [0.4, 0.5) is 5.69 Å². The minimum Gasteiger partial charge on any atom is -0.493 e. The molecule has 2 amide bonds. The number of methoxy groups -OCH3 is 1. The highest BCUT2D eigenvalue weighted by molar-refractivity contribution is 9.10. The molecule has 1 aliphatic carbocycles. The molecule has 0 aromatic heterocycles. The lowest BCUT2D eigenvalue weighted by Gasteiger charge is -2.22.